The number of H-pyrrole nitrogens is 2. The number of nitrogens with one attached hydrogen (secondary N) is 2. The molecule has 8 nitrogen and oxygen atoms in total. The summed E-state index contributed by atoms with van der Waals surface area (Å²) in [7, 11) is 1.22. The predicted octanol–water partition coefficient (Wildman–Crippen LogP) is -1.66. The summed E-state index contributed by atoms with van der Waals surface area (Å²) >= 11 is 4.76. The van der Waals surface area contributed by atoms with Crippen LogP contribution in [0.15, 0.2) is 11.0 Å². The highest BCUT2D eigenvalue weighted by molar-refractivity contribution is 7.71. The Bertz CT molecular complexity index is 572. The molecule has 4 atom stereocenters. The van der Waals surface area contributed by atoms with E-state index in [1.54, 1.807) is 0 Å². The molecule has 0 unspecified atom stereocenters. The molecule has 0 aromatic carbocycles. The van der Waals surface area contributed by atoms with Gasteiger partial charge in [0.25, 0.3) is 5.56 Å². The summed E-state index contributed by atoms with van der Waals surface area (Å²) in [5.74, 6) is -1.86. The summed E-state index contributed by atoms with van der Waals surface area (Å²) in [6.07, 6.45) is -2.73. The van der Waals surface area contributed by atoms with Crippen molar-refractivity contribution in [1.82, 2.24) is 9.97 Å². The minimum absolute atomic E-state index is 0.0777. The number of rotatable bonds is 3. The molecule has 0 saturated carbocycles. The maximum absolute atomic E-state index is 11.9. The fourth-order valence-corrected chi connectivity index (χ4v) is 2.26. The highest BCUT2D eigenvalue weighted by atomic mass is 32.1. The van der Waals surface area contributed by atoms with Crippen molar-refractivity contribution < 1.29 is 24.8 Å². The van der Waals surface area contributed by atoms with Gasteiger partial charge >= 0.3 is 0 Å². The number of aromatic nitrogens is 2. The van der Waals surface area contributed by atoms with Gasteiger partial charge in [-0.05, 0) is 12.2 Å². The van der Waals surface area contributed by atoms with E-state index in [0.29, 0.717) is 0 Å². The first-order valence-corrected chi connectivity index (χ1v) is 5.89. The molecule has 0 spiro atoms. The van der Waals surface area contributed by atoms with Crippen molar-refractivity contribution in [2.45, 2.75) is 24.1 Å². The van der Waals surface area contributed by atoms with E-state index in [9.17, 15) is 15.0 Å². The van der Waals surface area contributed by atoms with Crippen LogP contribution in [0.2, 0.25) is 0 Å². The van der Waals surface area contributed by atoms with Gasteiger partial charge in [0, 0.05) is 13.3 Å². The second-order valence-corrected chi connectivity index (χ2v) is 4.54. The molecule has 0 amide bonds. The lowest BCUT2D eigenvalue weighted by atomic mass is 10.00. The molecule has 19 heavy (non-hydrogen) atoms. The molecule has 1 aromatic heterocycles. The lowest BCUT2D eigenvalue weighted by molar-refractivity contribution is -0.257. The van der Waals surface area contributed by atoms with E-state index in [-0.39, 0.29) is 10.3 Å². The first-order valence-electron chi connectivity index (χ1n) is 5.48. The maximum atomic E-state index is 11.9. The van der Waals surface area contributed by atoms with Gasteiger partial charge in [0.2, 0.25) is 5.79 Å². The van der Waals surface area contributed by atoms with E-state index in [0.717, 1.165) is 0 Å². The van der Waals surface area contributed by atoms with E-state index in [1.807, 2.05) is 0 Å². The quantitative estimate of drug-likeness (QED) is 0.422. The average molecular weight is 290 g/mol. The van der Waals surface area contributed by atoms with E-state index < -0.39 is 36.3 Å². The number of ether oxygens (including phenoxy) is 2. The molecule has 2 heterocycles. The van der Waals surface area contributed by atoms with Gasteiger partial charge in [0.05, 0.1) is 12.2 Å². The van der Waals surface area contributed by atoms with Crippen LogP contribution in [0, 0.1) is 4.77 Å². The molecule has 1 aliphatic rings. The molecular weight excluding hydrogens is 276 g/mol. The lowest BCUT2D eigenvalue weighted by Gasteiger charge is -2.29. The van der Waals surface area contributed by atoms with Crippen LogP contribution in [0.25, 0.3) is 0 Å². The third-order valence-corrected chi connectivity index (χ3v) is 3.32. The van der Waals surface area contributed by atoms with Crippen molar-refractivity contribution >= 4 is 12.2 Å². The smallest absolute Gasteiger partial charge is 0.260 e. The van der Waals surface area contributed by atoms with E-state index in [4.69, 9.17) is 26.8 Å². The number of aromatic amines is 2. The SMILES string of the molecule is CO[C@@]1(c2c[nH]c(=S)[nH]c2=O)O[C@H](CO)[C@@H](O)[C@H]1O. The first kappa shape index (κ1) is 14.3. The van der Waals surface area contributed by atoms with Crippen molar-refractivity contribution in [2.24, 2.45) is 0 Å². The second-order valence-electron chi connectivity index (χ2n) is 4.13. The molecule has 1 fully saturated rings. The molecular formula is C10H14N2O6S. The fraction of sp³-hybridized carbons (Fsp3) is 0.600. The van der Waals surface area contributed by atoms with Crippen LogP contribution in [0.5, 0.6) is 0 Å². The highest BCUT2D eigenvalue weighted by Gasteiger charge is 2.57. The topological polar surface area (TPSA) is 128 Å². The van der Waals surface area contributed by atoms with Crippen LogP contribution in [0.4, 0.5) is 0 Å². The number of hydrogen-bond acceptors (Lipinski definition) is 7. The van der Waals surface area contributed by atoms with Gasteiger partial charge in [-0.2, -0.15) is 0 Å². The first-order chi connectivity index (χ1) is 8.96. The van der Waals surface area contributed by atoms with Gasteiger partial charge in [-0.3, -0.25) is 9.78 Å². The van der Waals surface area contributed by atoms with Gasteiger partial charge in [0.15, 0.2) is 4.77 Å². The predicted molar refractivity (Wildman–Crippen MR) is 64.9 cm³/mol. The molecule has 1 saturated heterocycles. The van der Waals surface area contributed by atoms with Crippen molar-refractivity contribution in [3.63, 3.8) is 0 Å². The molecule has 0 radical (unpaired) electrons. The van der Waals surface area contributed by atoms with Gasteiger partial charge in [-0.25, -0.2) is 0 Å². The average Bonchev–Trinajstić information content (AvgIpc) is 2.64. The molecule has 1 aliphatic heterocycles. The molecule has 106 valence electrons. The summed E-state index contributed by atoms with van der Waals surface area (Å²) in [5.41, 5.74) is -0.693. The molecule has 0 bridgehead atoms. The van der Waals surface area contributed by atoms with Crippen molar-refractivity contribution in [3.05, 3.63) is 26.9 Å². The van der Waals surface area contributed by atoms with E-state index >= 15 is 0 Å². The third kappa shape index (κ3) is 2.14. The monoisotopic (exact) mass is 290 g/mol. The normalized spacial score (nSPS) is 34.6. The van der Waals surface area contributed by atoms with Crippen molar-refractivity contribution in [1.29, 1.82) is 0 Å². The minimum Gasteiger partial charge on any atom is -0.394 e. The Hall–Kier alpha value is -1.10. The summed E-state index contributed by atoms with van der Waals surface area (Å²) < 4.78 is 10.5. The third-order valence-electron chi connectivity index (χ3n) is 3.10. The molecule has 1 aromatic rings. The van der Waals surface area contributed by atoms with Crippen LogP contribution in [-0.2, 0) is 15.3 Å². The molecule has 0 aliphatic carbocycles. The molecule has 2 rings (SSSR count). The zero-order chi connectivity index (χ0) is 14.2. The van der Waals surface area contributed by atoms with E-state index in [2.05, 4.69) is 9.97 Å². The van der Waals surface area contributed by atoms with Crippen LogP contribution < -0.4 is 5.56 Å². The Kier molecular flexibility index (Phi) is 3.85. The largest absolute Gasteiger partial charge is 0.394 e. The Morgan fingerprint density at radius 2 is 2.26 bits per heavy atom. The van der Waals surface area contributed by atoms with Crippen LogP contribution in [0.3, 0.4) is 0 Å². The zero-order valence-electron chi connectivity index (χ0n) is 9.99. The lowest BCUT2D eigenvalue weighted by Crippen LogP contribution is -2.45. The van der Waals surface area contributed by atoms with Gasteiger partial charge in [-0.15, -0.1) is 0 Å². The Morgan fingerprint density at radius 3 is 2.74 bits per heavy atom. The Morgan fingerprint density at radius 1 is 1.58 bits per heavy atom. The van der Waals surface area contributed by atoms with Crippen LogP contribution in [0.1, 0.15) is 5.56 Å². The standard InChI is InChI=1S/C10H14N2O6S/c1-17-10(4-2-11-9(19)12-8(4)16)7(15)6(14)5(3-13)18-10/h2,5-7,13-15H,3H2,1H3,(H2,11,12,16,19)/t5-,6-,7-,10+/m1/s1. The van der Waals surface area contributed by atoms with Crippen LogP contribution >= 0.6 is 12.2 Å². The van der Waals surface area contributed by atoms with E-state index in [1.165, 1.54) is 13.3 Å². The molecule has 5 N–H and O–H groups in total. The Balaban J connectivity index is 2.55. The van der Waals surface area contributed by atoms with Gasteiger partial charge in [0.1, 0.15) is 18.3 Å². The number of methoxy groups -OCH3 is 1. The maximum Gasteiger partial charge on any atom is 0.260 e. The van der Waals surface area contributed by atoms with Gasteiger partial charge < -0.3 is 29.8 Å². The fourth-order valence-electron chi connectivity index (χ4n) is 2.11. The Labute approximate surface area is 112 Å². The minimum atomic E-state index is -1.86. The summed E-state index contributed by atoms with van der Waals surface area (Å²) in [5, 5.41) is 28.9. The zero-order valence-corrected chi connectivity index (χ0v) is 10.8. The van der Waals surface area contributed by atoms with Crippen molar-refractivity contribution in [3.8, 4) is 0 Å². The number of hydrogen-bond donors (Lipinski definition) is 5. The summed E-state index contributed by atoms with van der Waals surface area (Å²) in [4.78, 5) is 16.8. The second kappa shape index (κ2) is 5.12. The summed E-state index contributed by atoms with van der Waals surface area (Å²) in [6, 6.07) is 0. The van der Waals surface area contributed by atoms with Gasteiger partial charge in [-0.1, -0.05) is 0 Å². The summed E-state index contributed by atoms with van der Waals surface area (Å²) in [6.45, 7) is -0.524. The number of aliphatic hydroxyl groups is 3. The number of aliphatic hydroxyl groups excluding tert-OH is 3. The molecule has 9 heteroatoms. The van der Waals surface area contributed by atoms with Crippen molar-refractivity contribution in [2.75, 3.05) is 13.7 Å². The highest BCUT2D eigenvalue weighted by Crippen LogP contribution is 2.38. The van der Waals surface area contributed by atoms with Crippen LogP contribution in [-0.4, -0.2) is 57.3 Å².